The lowest BCUT2D eigenvalue weighted by molar-refractivity contribution is 0.0986. The van der Waals surface area contributed by atoms with Crippen molar-refractivity contribution in [3.8, 4) is 0 Å². The number of benzene rings is 1. The van der Waals surface area contributed by atoms with Crippen molar-refractivity contribution in [2.45, 2.75) is 0 Å². The van der Waals surface area contributed by atoms with Crippen LogP contribution in [-0.2, 0) is 0 Å². The van der Waals surface area contributed by atoms with Crippen LogP contribution >= 0.6 is 0 Å². The van der Waals surface area contributed by atoms with E-state index < -0.39 is 0 Å². The third-order valence-corrected chi connectivity index (χ3v) is 2.78. The van der Waals surface area contributed by atoms with Crippen molar-refractivity contribution in [2.75, 3.05) is 11.9 Å². The predicted octanol–water partition coefficient (Wildman–Crippen LogP) is 1.46. The molecule has 0 bridgehead atoms. The van der Waals surface area contributed by atoms with E-state index in [1.54, 1.807) is 37.4 Å². The molecule has 1 N–H and O–H groups in total. The maximum Gasteiger partial charge on any atom is 0.258 e. The first kappa shape index (κ1) is 12.8. The molecule has 0 saturated heterocycles. The number of carbonyl (C=O) groups excluding carboxylic acids is 2. The maximum absolute atomic E-state index is 12.3. The smallest absolute Gasteiger partial charge is 0.258 e. The molecule has 0 aliphatic carbocycles. The summed E-state index contributed by atoms with van der Waals surface area (Å²) in [7, 11) is 1.58. The molecule has 5 heteroatoms. The van der Waals surface area contributed by atoms with Crippen molar-refractivity contribution < 1.29 is 9.59 Å². The summed E-state index contributed by atoms with van der Waals surface area (Å²) in [6.07, 6.45) is 2.09. The minimum Gasteiger partial charge on any atom is -0.327 e. The van der Waals surface area contributed by atoms with Crippen LogP contribution in [0, 0.1) is 0 Å². The fraction of sp³-hybridized carbons (Fsp3) is 0.0714. The van der Waals surface area contributed by atoms with Crippen molar-refractivity contribution in [3.05, 3.63) is 64.1 Å². The quantitative estimate of drug-likeness (QED) is 0.845. The van der Waals surface area contributed by atoms with Gasteiger partial charge >= 0.3 is 0 Å². The van der Waals surface area contributed by atoms with Gasteiger partial charge in [-0.25, -0.2) is 0 Å². The molecule has 1 heterocycles. The number of aromatic nitrogens is 1. The molecule has 0 fully saturated rings. The van der Waals surface area contributed by atoms with Gasteiger partial charge in [0.25, 0.3) is 5.91 Å². The number of pyridine rings is 1. The van der Waals surface area contributed by atoms with Crippen LogP contribution in [0.4, 0.5) is 5.69 Å². The summed E-state index contributed by atoms with van der Waals surface area (Å²) in [5.41, 5.74) is 0.971. The summed E-state index contributed by atoms with van der Waals surface area (Å²) in [5, 5.41) is 0. The monoisotopic (exact) mass is 256 g/mol. The number of nitrogens with zero attached hydrogens (tertiary/aromatic N) is 1. The molecular weight excluding hydrogens is 244 g/mol. The van der Waals surface area contributed by atoms with Gasteiger partial charge in [-0.15, -0.1) is 0 Å². The van der Waals surface area contributed by atoms with E-state index in [0.717, 1.165) is 0 Å². The Balaban J connectivity index is 2.36. The molecule has 1 aromatic heterocycles. The van der Waals surface area contributed by atoms with E-state index in [9.17, 15) is 14.4 Å². The van der Waals surface area contributed by atoms with Crippen molar-refractivity contribution >= 4 is 17.9 Å². The lowest BCUT2D eigenvalue weighted by Crippen LogP contribution is -2.27. The molecule has 0 spiro atoms. The molecule has 5 nitrogen and oxygen atoms in total. The summed E-state index contributed by atoms with van der Waals surface area (Å²) in [4.78, 5) is 38.1. The van der Waals surface area contributed by atoms with Crippen LogP contribution in [0.3, 0.4) is 0 Å². The molecule has 2 rings (SSSR count). The molecule has 2 aromatic rings. The molecule has 0 atom stereocenters. The second-order valence-electron chi connectivity index (χ2n) is 3.98. The second-order valence-corrected chi connectivity index (χ2v) is 3.98. The number of anilines is 1. The average Bonchev–Trinajstić information content (AvgIpc) is 2.46. The first-order valence-electron chi connectivity index (χ1n) is 5.64. The average molecular weight is 256 g/mol. The summed E-state index contributed by atoms with van der Waals surface area (Å²) in [6, 6.07) is 9.45. The van der Waals surface area contributed by atoms with Gasteiger partial charge in [-0.2, -0.15) is 0 Å². The van der Waals surface area contributed by atoms with Crippen molar-refractivity contribution in [1.82, 2.24) is 4.98 Å². The van der Waals surface area contributed by atoms with Gasteiger partial charge in [0.05, 0.1) is 11.3 Å². The Kier molecular flexibility index (Phi) is 3.56. The Morgan fingerprint density at radius 3 is 2.58 bits per heavy atom. The minimum atomic E-state index is -0.310. The first-order valence-corrected chi connectivity index (χ1v) is 5.64. The number of nitrogens with one attached hydrogen (secondary N) is 1. The van der Waals surface area contributed by atoms with Gasteiger partial charge in [-0.05, 0) is 12.1 Å². The van der Waals surface area contributed by atoms with Crippen LogP contribution < -0.4 is 10.5 Å². The van der Waals surface area contributed by atoms with E-state index in [4.69, 9.17) is 0 Å². The van der Waals surface area contributed by atoms with E-state index in [2.05, 4.69) is 4.98 Å². The number of amides is 1. The highest BCUT2D eigenvalue weighted by Crippen LogP contribution is 2.15. The van der Waals surface area contributed by atoms with Gasteiger partial charge in [0.2, 0.25) is 5.56 Å². The molecule has 19 heavy (non-hydrogen) atoms. The maximum atomic E-state index is 12.3. The number of hydrogen-bond donors (Lipinski definition) is 1. The predicted molar refractivity (Wildman–Crippen MR) is 71.6 cm³/mol. The minimum absolute atomic E-state index is 0.238. The van der Waals surface area contributed by atoms with Crippen LogP contribution in [0.2, 0.25) is 0 Å². The second kappa shape index (κ2) is 5.30. The van der Waals surface area contributed by atoms with Crippen LogP contribution in [0.5, 0.6) is 0 Å². The zero-order valence-corrected chi connectivity index (χ0v) is 10.3. The van der Waals surface area contributed by atoms with E-state index in [1.165, 1.54) is 17.2 Å². The topological polar surface area (TPSA) is 70.2 Å². The van der Waals surface area contributed by atoms with Gasteiger partial charge in [-0.3, -0.25) is 14.4 Å². The molecule has 0 unspecified atom stereocenters. The van der Waals surface area contributed by atoms with Crippen LogP contribution in [0.1, 0.15) is 20.7 Å². The van der Waals surface area contributed by atoms with Crippen molar-refractivity contribution in [3.63, 3.8) is 0 Å². The van der Waals surface area contributed by atoms with Gasteiger partial charge in [0.15, 0.2) is 6.29 Å². The summed E-state index contributed by atoms with van der Waals surface area (Å²) >= 11 is 0. The zero-order chi connectivity index (χ0) is 13.8. The number of carbonyl (C=O) groups is 2. The highest BCUT2D eigenvalue weighted by atomic mass is 16.2. The Bertz CT molecular complexity index is 656. The Labute approximate surface area is 109 Å². The third-order valence-electron chi connectivity index (χ3n) is 2.78. The fourth-order valence-corrected chi connectivity index (χ4v) is 1.70. The van der Waals surface area contributed by atoms with Crippen LogP contribution in [-0.4, -0.2) is 24.2 Å². The highest BCUT2D eigenvalue weighted by molar-refractivity contribution is 6.09. The summed E-state index contributed by atoms with van der Waals surface area (Å²) in [6.45, 7) is 0. The Morgan fingerprint density at radius 1 is 1.21 bits per heavy atom. The number of aromatic amines is 1. The zero-order valence-electron chi connectivity index (χ0n) is 10.3. The van der Waals surface area contributed by atoms with E-state index >= 15 is 0 Å². The number of H-pyrrole nitrogens is 1. The van der Waals surface area contributed by atoms with Crippen molar-refractivity contribution in [1.29, 1.82) is 0 Å². The Hall–Kier alpha value is -2.69. The molecule has 96 valence electrons. The van der Waals surface area contributed by atoms with Gasteiger partial charge < -0.3 is 9.88 Å². The highest BCUT2D eigenvalue weighted by Gasteiger charge is 2.16. The fourth-order valence-electron chi connectivity index (χ4n) is 1.70. The van der Waals surface area contributed by atoms with E-state index in [-0.39, 0.29) is 11.5 Å². The normalized spacial score (nSPS) is 9.95. The molecule has 0 saturated carbocycles. The molecule has 1 aromatic carbocycles. The van der Waals surface area contributed by atoms with Crippen LogP contribution in [0.25, 0.3) is 0 Å². The number of rotatable bonds is 3. The molecule has 1 amide bonds. The third kappa shape index (κ3) is 2.60. The van der Waals surface area contributed by atoms with Gasteiger partial charge in [-0.1, -0.05) is 18.2 Å². The number of hydrogen-bond acceptors (Lipinski definition) is 3. The molecular formula is C14H12N2O3. The SMILES string of the molecule is CN(C(=O)c1ccccc1C=O)c1ccc(=O)[nH]c1. The molecule has 0 aliphatic heterocycles. The standard InChI is InChI=1S/C14H12N2O3/c1-16(11-6-7-13(18)15-8-11)14(19)12-5-3-2-4-10(12)9-17/h2-9H,1H3,(H,15,18). The van der Waals surface area contributed by atoms with Crippen LogP contribution in [0.15, 0.2) is 47.4 Å². The van der Waals surface area contributed by atoms with Gasteiger partial charge in [0.1, 0.15) is 0 Å². The summed E-state index contributed by atoms with van der Waals surface area (Å²) < 4.78 is 0. The molecule has 0 aliphatic rings. The van der Waals surface area contributed by atoms with E-state index in [0.29, 0.717) is 23.1 Å². The van der Waals surface area contributed by atoms with E-state index in [1.807, 2.05) is 0 Å². The number of aldehydes is 1. The largest absolute Gasteiger partial charge is 0.327 e. The summed E-state index contributed by atoms with van der Waals surface area (Å²) in [5.74, 6) is -0.310. The molecule has 0 radical (unpaired) electrons. The lowest BCUT2D eigenvalue weighted by Gasteiger charge is -2.17. The van der Waals surface area contributed by atoms with Crippen molar-refractivity contribution in [2.24, 2.45) is 0 Å². The van der Waals surface area contributed by atoms with Gasteiger partial charge in [0, 0.05) is 24.9 Å². The Morgan fingerprint density at radius 2 is 1.95 bits per heavy atom. The first-order chi connectivity index (χ1) is 9.13. The lowest BCUT2D eigenvalue weighted by atomic mass is 10.1.